The normalized spacial score (nSPS) is 12.2. The molecule has 0 fully saturated rings. The van der Waals surface area contributed by atoms with Crippen molar-refractivity contribution in [3.8, 4) is 0 Å². The molecule has 2 amide bonds. The minimum absolute atomic E-state index is 0.0649. The van der Waals surface area contributed by atoms with Crippen LogP contribution in [0.3, 0.4) is 0 Å². The van der Waals surface area contributed by atoms with Gasteiger partial charge in [-0.25, -0.2) is 9.48 Å². The van der Waals surface area contributed by atoms with Crippen LogP contribution in [0.25, 0.3) is 0 Å². The van der Waals surface area contributed by atoms with Gasteiger partial charge in [-0.15, -0.1) is 5.10 Å². The lowest BCUT2D eigenvalue weighted by molar-refractivity contribution is -0.137. The van der Waals surface area contributed by atoms with Crippen LogP contribution in [0.1, 0.15) is 19.0 Å². The SMILES string of the molecule is CC(CCN(C)C)NC(=O)NCc1cn(CC(=O)O)nn1. The maximum Gasteiger partial charge on any atom is 0.325 e. The second-order valence-electron chi connectivity index (χ2n) is 5.12. The number of aromatic nitrogens is 3. The van der Waals surface area contributed by atoms with E-state index in [9.17, 15) is 9.59 Å². The van der Waals surface area contributed by atoms with Gasteiger partial charge in [-0.2, -0.15) is 0 Å². The van der Waals surface area contributed by atoms with Crippen molar-refractivity contribution in [3.63, 3.8) is 0 Å². The highest BCUT2D eigenvalue weighted by atomic mass is 16.4. The van der Waals surface area contributed by atoms with E-state index in [1.54, 1.807) is 0 Å². The number of aliphatic carboxylic acids is 1. The summed E-state index contributed by atoms with van der Waals surface area (Å²) in [4.78, 5) is 24.2. The number of carbonyl (C=O) groups excluding carboxylic acids is 1. The predicted molar refractivity (Wildman–Crippen MR) is 75.7 cm³/mol. The number of nitrogens with one attached hydrogen (secondary N) is 2. The number of carboxylic acid groups (broad SMARTS) is 1. The zero-order chi connectivity index (χ0) is 15.8. The Morgan fingerprint density at radius 2 is 2.19 bits per heavy atom. The van der Waals surface area contributed by atoms with Crippen molar-refractivity contribution in [1.82, 2.24) is 30.5 Å². The Balaban J connectivity index is 2.29. The van der Waals surface area contributed by atoms with E-state index in [1.807, 2.05) is 21.0 Å². The van der Waals surface area contributed by atoms with Gasteiger partial charge in [0.05, 0.1) is 12.7 Å². The monoisotopic (exact) mass is 298 g/mol. The summed E-state index contributed by atoms with van der Waals surface area (Å²) in [6.07, 6.45) is 2.35. The Morgan fingerprint density at radius 3 is 2.81 bits per heavy atom. The molecule has 1 aromatic heterocycles. The van der Waals surface area contributed by atoms with Crippen molar-refractivity contribution in [2.75, 3.05) is 20.6 Å². The third-order valence-electron chi connectivity index (χ3n) is 2.70. The van der Waals surface area contributed by atoms with E-state index >= 15 is 0 Å². The summed E-state index contributed by atoms with van der Waals surface area (Å²) in [6.45, 7) is 2.78. The third kappa shape index (κ3) is 7.25. The maximum atomic E-state index is 11.7. The first-order chi connectivity index (χ1) is 9.86. The molecule has 0 radical (unpaired) electrons. The number of urea groups is 1. The number of nitrogens with zero attached hydrogens (tertiary/aromatic N) is 4. The van der Waals surface area contributed by atoms with E-state index in [0.29, 0.717) is 5.69 Å². The van der Waals surface area contributed by atoms with Crippen molar-refractivity contribution >= 4 is 12.0 Å². The molecule has 0 saturated heterocycles. The molecule has 0 aliphatic carbocycles. The summed E-state index contributed by atoms with van der Waals surface area (Å²) in [7, 11) is 3.96. The quantitative estimate of drug-likeness (QED) is 0.596. The maximum absolute atomic E-state index is 11.7. The fourth-order valence-electron chi connectivity index (χ4n) is 1.61. The summed E-state index contributed by atoms with van der Waals surface area (Å²) in [5.41, 5.74) is 0.507. The number of amides is 2. The van der Waals surface area contributed by atoms with Crippen molar-refractivity contribution in [3.05, 3.63) is 11.9 Å². The second kappa shape index (κ2) is 8.20. The van der Waals surface area contributed by atoms with Crippen molar-refractivity contribution < 1.29 is 14.7 Å². The summed E-state index contributed by atoms with van der Waals surface area (Å²) >= 11 is 0. The predicted octanol–water partition coefficient (Wildman–Crippen LogP) is -0.498. The van der Waals surface area contributed by atoms with E-state index < -0.39 is 5.97 Å². The first-order valence-electron chi connectivity index (χ1n) is 6.66. The van der Waals surface area contributed by atoms with Crippen molar-refractivity contribution in [2.45, 2.75) is 32.5 Å². The number of rotatable bonds is 8. The van der Waals surface area contributed by atoms with Gasteiger partial charge in [-0.05, 0) is 34.0 Å². The summed E-state index contributed by atoms with van der Waals surface area (Å²) in [5.74, 6) is -0.994. The van der Waals surface area contributed by atoms with Crippen LogP contribution in [0.5, 0.6) is 0 Å². The van der Waals surface area contributed by atoms with Crippen LogP contribution in [0, 0.1) is 0 Å². The molecular formula is C12H22N6O3. The van der Waals surface area contributed by atoms with Gasteiger partial charge in [0.2, 0.25) is 0 Å². The van der Waals surface area contributed by atoms with E-state index in [0.717, 1.165) is 13.0 Å². The van der Waals surface area contributed by atoms with Crippen LogP contribution in [0.15, 0.2) is 6.20 Å². The average Bonchev–Trinajstić information content (AvgIpc) is 2.80. The molecule has 1 aromatic rings. The molecule has 0 saturated carbocycles. The molecule has 118 valence electrons. The minimum atomic E-state index is -0.994. The fraction of sp³-hybridized carbons (Fsp3) is 0.667. The zero-order valence-electron chi connectivity index (χ0n) is 12.5. The van der Waals surface area contributed by atoms with Crippen molar-refractivity contribution in [2.24, 2.45) is 0 Å². The number of hydrogen-bond acceptors (Lipinski definition) is 5. The first kappa shape index (κ1) is 16.9. The Kier molecular flexibility index (Phi) is 6.60. The van der Waals surface area contributed by atoms with Crippen LogP contribution in [0.2, 0.25) is 0 Å². The fourth-order valence-corrected chi connectivity index (χ4v) is 1.61. The first-order valence-corrected chi connectivity index (χ1v) is 6.66. The molecule has 0 aliphatic heterocycles. The molecule has 9 nitrogen and oxygen atoms in total. The van der Waals surface area contributed by atoms with Gasteiger partial charge in [0.15, 0.2) is 0 Å². The highest BCUT2D eigenvalue weighted by Crippen LogP contribution is 1.94. The molecule has 3 N–H and O–H groups in total. The molecule has 9 heteroatoms. The van der Waals surface area contributed by atoms with Gasteiger partial charge in [-0.3, -0.25) is 4.79 Å². The molecule has 1 atom stereocenters. The third-order valence-corrected chi connectivity index (χ3v) is 2.70. The standard InChI is InChI=1S/C12H22N6O3/c1-9(4-5-17(2)3)14-12(21)13-6-10-7-18(16-15-10)8-11(19)20/h7,9H,4-6,8H2,1-3H3,(H,19,20)(H2,13,14,21). The molecule has 1 heterocycles. The topological polar surface area (TPSA) is 112 Å². The highest BCUT2D eigenvalue weighted by Gasteiger charge is 2.09. The van der Waals surface area contributed by atoms with E-state index in [2.05, 4.69) is 25.8 Å². The molecule has 1 rings (SSSR count). The Hall–Kier alpha value is -2.16. The van der Waals surface area contributed by atoms with E-state index in [1.165, 1.54) is 10.9 Å². The number of carboxylic acids is 1. The van der Waals surface area contributed by atoms with E-state index in [-0.39, 0.29) is 25.2 Å². The Labute approximate surface area is 123 Å². The van der Waals surface area contributed by atoms with Crippen LogP contribution < -0.4 is 10.6 Å². The molecule has 0 aromatic carbocycles. The average molecular weight is 298 g/mol. The van der Waals surface area contributed by atoms with Crippen LogP contribution in [-0.2, 0) is 17.9 Å². The molecule has 1 unspecified atom stereocenters. The molecule has 21 heavy (non-hydrogen) atoms. The zero-order valence-corrected chi connectivity index (χ0v) is 12.5. The molecular weight excluding hydrogens is 276 g/mol. The Morgan fingerprint density at radius 1 is 1.48 bits per heavy atom. The summed E-state index contributed by atoms with van der Waals surface area (Å²) in [5, 5.41) is 21.5. The number of carbonyl (C=O) groups is 2. The molecule has 0 spiro atoms. The van der Waals surface area contributed by atoms with E-state index in [4.69, 9.17) is 5.11 Å². The lowest BCUT2D eigenvalue weighted by Gasteiger charge is -2.16. The molecule has 0 aliphatic rings. The van der Waals surface area contributed by atoms with Crippen LogP contribution >= 0.6 is 0 Å². The van der Waals surface area contributed by atoms with Crippen LogP contribution in [0.4, 0.5) is 4.79 Å². The number of hydrogen-bond donors (Lipinski definition) is 3. The summed E-state index contributed by atoms with van der Waals surface area (Å²) < 4.78 is 1.21. The van der Waals surface area contributed by atoms with Gasteiger partial charge in [0, 0.05) is 6.04 Å². The summed E-state index contributed by atoms with van der Waals surface area (Å²) in [6, 6.07) is -0.218. The van der Waals surface area contributed by atoms with Gasteiger partial charge in [0.25, 0.3) is 0 Å². The smallest absolute Gasteiger partial charge is 0.325 e. The largest absolute Gasteiger partial charge is 0.480 e. The second-order valence-corrected chi connectivity index (χ2v) is 5.12. The van der Waals surface area contributed by atoms with Gasteiger partial charge < -0.3 is 20.6 Å². The van der Waals surface area contributed by atoms with Gasteiger partial charge in [0.1, 0.15) is 12.2 Å². The highest BCUT2D eigenvalue weighted by molar-refractivity contribution is 5.74. The molecule has 0 bridgehead atoms. The van der Waals surface area contributed by atoms with Gasteiger partial charge in [-0.1, -0.05) is 5.21 Å². The van der Waals surface area contributed by atoms with Crippen molar-refractivity contribution in [1.29, 1.82) is 0 Å². The lowest BCUT2D eigenvalue weighted by Crippen LogP contribution is -2.41. The van der Waals surface area contributed by atoms with Gasteiger partial charge >= 0.3 is 12.0 Å². The lowest BCUT2D eigenvalue weighted by atomic mass is 10.2. The Bertz CT molecular complexity index is 473. The minimum Gasteiger partial charge on any atom is -0.480 e. The van der Waals surface area contributed by atoms with Crippen LogP contribution in [-0.4, -0.2) is 63.7 Å².